The number of nitrogens with two attached hydrogens (primary N) is 1. The van der Waals surface area contributed by atoms with Crippen LogP contribution in [0.1, 0.15) is 13.8 Å². The zero-order chi connectivity index (χ0) is 12.4. The standard InChI is InChI=1S/C12H28N2O2/c1-11(2)12(9-13)10-14(5-7-15-3)6-8-16-4/h11-12H,5-10,13H2,1-4H3. The van der Waals surface area contributed by atoms with Gasteiger partial charge in [0.25, 0.3) is 0 Å². The summed E-state index contributed by atoms with van der Waals surface area (Å²) in [6, 6.07) is 0. The Balaban J connectivity index is 4.04. The van der Waals surface area contributed by atoms with E-state index in [1.165, 1.54) is 0 Å². The van der Waals surface area contributed by atoms with Gasteiger partial charge in [-0.25, -0.2) is 0 Å². The van der Waals surface area contributed by atoms with E-state index in [0.717, 1.165) is 39.4 Å². The highest BCUT2D eigenvalue weighted by atomic mass is 16.5. The molecule has 2 N–H and O–H groups in total. The van der Waals surface area contributed by atoms with Gasteiger partial charge in [-0.15, -0.1) is 0 Å². The van der Waals surface area contributed by atoms with Gasteiger partial charge >= 0.3 is 0 Å². The summed E-state index contributed by atoms with van der Waals surface area (Å²) < 4.78 is 10.2. The third kappa shape index (κ3) is 7.17. The van der Waals surface area contributed by atoms with Crippen molar-refractivity contribution in [3.8, 4) is 0 Å². The number of hydrogen-bond acceptors (Lipinski definition) is 4. The third-order valence-corrected chi connectivity index (χ3v) is 2.96. The molecular weight excluding hydrogens is 204 g/mol. The summed E-state index contributed by atoms with van der Waals surface area (Å²) in [5.74, 6) is 1.17. The summed E-state index contributed by atoms with van der Waals surface area (Å²) in [5.41, 5.74) is 5.79. The molecule has 0 saturated heterocycles. The highest BCUT2D eigenvalue weighted by molar-refractivity contribution is 4.69. The number of hydrogen-bond donors (Lipinski definition) is 1. The zero-order valence-corrected chi connectivity index (χ0v) is 11.2. The van der Waals surface area contributed by atoms with Crippen molar-refractivity contribution in [2.75, 3.05) is 53.6 Å². The molecule has 0 saturated carbocycles. The Hall–Kier alpha value is -0.160. The molecule has 0 aromatic heterocycles. The molecule has 4 heteroatoms. The molecule has 1 unspecified atom stereocenters. The van der Waals surface area contributed by atoms with Crippen molar-refractivity contribution in [3.63, 3.8) is 0 Å². The summed E-state index contributed by atoms with van der Waals surface area (Å²) in [7, 11) is 3.47. The number of nitrogens with zero attached hydrogens (tertiary/aromatic N) is 1. The molecule has 0 aliphatic carbocycles. The minimum Gasteiger partial charge on any atom is -0.383 e. The Labute approximate surface area is 100 Å². The normalized spacial score (nSPS) is 13.7. The summed E-state index contributed by atoms with van der Waals surface area (Å²) in [6.07, 6.45) is 0. The van der Waals surface area contributed by atoms with E-state index < -0.39 is 0 Å². The van der Waals surface area contributed by atoms with Crippen LogP contribution in [-0.2, 0) is 9.47 Å². The van der Waals surface area contributed by atoms with Crippen molar-refractivity contribution < 1.29 is 9.47 Å². The lowest BCUT2D eigenvalue weighted by Gasteiger charge is -2.28. The minimum absolute atomic E-state index is 0.550. The van der Waals surface area contributed by atoms with Crippen molar-refractivity contribution in [1.82, 2.24) is 4.90 Å². The van der Waals surface area contributed by atoms with E-state index in [4.69, 9.17) is 15.2 Å². The Morgan fingerprint density at radius 2 is 1.56 bits per heavy atom. The van der Waals surface area contributed by atoms with Gasteiger partial charge in [0.2, 0.25) is 0 Å². The maximum atomic E-state index is 5.79. The largest absolute Gasteiger partial charge is 0.383 e. The molecule has 98 valence electrons. The van der Waals surface area contributed by atoms with E-state index in [1.807, 2.05) is 0 Å². The second-order valence-electron chi connectivity index (χ2n) is 4.53. The number of ether oxygens (including phenoxy) is 2. The Morgan fingerprint density at radius 3 is 1.88 bits per heavy atom. The van der Waals surface area contributed by atoms with Crippen LogP contribution in [0.3, 0.4) is 0 Å². The van der Waals surface area contributed by atoms with Crippen LogP contribution in [0.2, 0.25) is 0 Å². The molecule has 16 heavy (non-hydrogen) atoms. The first-order valence-corrected chi connectivity index (χ1v) is 6.06. The van der Waals surface area contributed by atoms with Gasteiger partial charge in [0, 0.05) is 33.9 Å². The maximum Gasteiger partial charge on any atom is 0.0589 e. The third-order valence-electron chi connectivity index (χ3n) is 2.96. The predicted octanol–water partition coefficient (Wildman–Crippen LogP) is 0.812. The first kappa shape index (κ1) is 15.8. The monoisotopic (exact) mass is 232 g/mol. The Kier molecular flexibility index (Phi) is 9.92. The molecule has 0 radical (unpaired) electrons. The molecule has 0 aromatic carbocycles. The van der Waals surface area contributed by atoms with Crippen LogP contribution < -0.4 is 5.73 Å². The van der Waals surface area contributed by atoms with Gasteiger partial charge in [-0.1, -0.05) is 13.8 Å². The minimum atomic E-state index is 0.550. The van der Waals surface area contributed by atoms with Gasteiger partial charge in [-0.05, 0) is 18.4 Å². The van der Waals surface area contributed by atoms with Crippen LogP contribution in [0.25, 0.3) is 0 Å². The van der Waals surface area contributed by atoms with Crippen LogP contribution >= 0.6 is 0 Å². The lowest BCUT2D eigenvalue weighted by Crippen LogP contribution is -2.39. The van der Waals surface area contributed by atoms with Gasteiger partial charge in [-0.2, -0.15) is 0 Å². The van der Waals surface area contributed by atoms with Crippen LogP contribution in [0.5, 0.6) is 0 Å². The smallest absolute Gasteiger partial charge is 0.0589 e. The predicted molar refractivity (Wildman–Crippen MR) is 67.6 cm³/mol. The molecule has 1 atom stereocenters. The summed E-state index contributed by atoms with van der Waals surface area (Å²) in [5, 5.41) is 0. The first-order chi connectivity index (χ1) is 7.65. The molecule has 0 bridgehead atoms. The fourth-order valence-electron chi connectivity index (χ4n) is 1.62. The van der Waals surface area contributed by atoms with E-state index in [0.29, 0.717) is 11.8 Å². The van der Waals surface area contributed by atoms with Crippen molar-refractivity contribution in [3.05, 3.63) is 0 Å². The molecule has 0 amide bonds. The lowest BCUT2D eigenvalue weighted by molar-refractivity contribution is 0.0986. The van der Waals surface area contributed by atoms with Crippen LogP contribution in [0.4, 0.5) is 0 Å². The van der Waals surface area contributed by atoms with Crippen molar-refractivity contribution in [2.24, 2.45) is 17.6 Å². The van der Waals surface area contributed by atoms with E-state index in [1.54, 1.807) is 14.2 Å². The highest BCUT2D eigenvalue weighted by Gasteiger charge is 2.15. The molecule has 0 spiro atoms. The van der Waals surface area contributed by atoms with E-state index in [-0.39, 0.29) is 0 Å². The molecule has 0 rings (SSSR count). The second kappa shape index (κ2) is 10.0. The summed E-state index contributed by atoms with van der Waals surface area (Å²) in [4.78, 5) is 2.37. The van der Waals surface area contributed by atoms with Crippen LogP contribution in [-0.4, -0.2) is 58.5 Å². The highest BCUT2D eigenvalue weighted by Crippen LogP contribution is 2.11. The Bertz CT molecular complexity index is 146. The molecule has 0 aliphatic rings. The molecule has 0 heterocycles. The average Bonchev–Trinajstić information content (AvgIpc) is 2.27. The maximum absolute atomic E-state index is 5.79. The molecule has 0 aliphatic heterocycles. The van der Waals surface area contributed by atoms with Gasteiger partial charge in [0.1, 0.15) is 0 Å². The van der Waals surface area contributed by atoms with Crippen LogP contribution in [0, 0.1) is 11.8 Å². The summed E-state index contributed by atoms with van der Waals surface area (Å²) in [6.45, 7) is 9.64. The molecule has 4 nitrogen and oxygen atoms in total. The molecule has 0 fully saturated rings. The SMILES string of the molecule is COCCN(CCOC)CC(CN)C(C)C. The number of rotatable bonds is 10. The van der Waals surface area contributed by atoms with E-state index >= 15 is 0 Å². The van der Waals surface area contributed by atoms with E-state index in [2.05, 4.69) is 18.7 Å². The lowest BCUT2D eigenvalue weighted by atomic mass is 9.95. The quantitative estimate of drug-likeness (QED) is 0.605. The fraction of sp³-hybridized carbons (Fsp3) is 1.00. The average molecular weight is 232 g/mol. The van der Waals surface area contributed by atoms with Gasteiger partial charge in [0.15, 0.2) is 0 Å². The van der Waals surface area contributed by atoms with Crippen molar-refractivity contribution in [1.29, 1.82) is 0 Å². The topological polar surface area (TPSA) is 47.7 Å². The van der Waals surface area contributed by atoms with Crippen LogP contribution in [0.15, 0.2) is 0 Å². The fourth-order valence-corrected chi connectivity index (χ4v) is 1.62. The Morgan fingerprint density at radius 1 is 1.06 bits per heavy atom. The zero-order valence-electron chi connectivity index (χ0n) is 11.2. The van der Waals surface area contributed by atoms with Gasteiger partial charge in [-0.3, -0.25) is 4.90 Å². The molecule has 0 aromatic rings. The van der Waals surface area contributed by atoms with E-state index in [9.17, 15) is 0 Å². The first-order valence-electron chi connectivity index (χ1n) is 6.06. The van der Waals surface area contributed by atoms with Gasteiger partial charge < -0.3 is 15.2 Å². The van der Waals surface area contributed by atoms with Crippen molar-refractivity contribution in [2.45, 2.75) is 13.8 Å². The second-order valence-corrected chi connectivity index (χ2v) is 4.53. The summed E-state index contributed by atoms with van der Waals surface area (Å²) >= 11 is 0. The van der Waals surface area contributed by atoms with Crippen molar-refractivity contribution >= 4 is 0 Å². The number of methoxy groups -OCH3 is 2. The van der Waals surface area contributed by atoms with Gasteiger partial charge in [0.05, 0.1) is 13.2 Å². The molecular formula is C12H28N2O2.